The Bertz CT molecular complexity index is 486. The third kappa shape index (κ3) is 2.33. The highest BCUT2D eigenvalue weighted by Crippen LogP contribution is 2.28. The van der Waals surface area contributed by atoms with Crippen LogP contribution in [0.5, 0.6) is 0 Å². The second kappa shape index (κ2) is 4.61. The molecule has 1 aromatic rings. The van der Waals surface area contributed by atoms with Crippen LogP contribution < -0.4 is 11.1 Å². The highest BCUT2D eigenvalue weighted by molar-refractivity contribution is 5.94. The summed E-state index contributed by atoms with van der Waals surface area (Å²) in [6.07, 6.45) is 2.56. The molecule has 1 aliphatic rings. The van der Waals surface area contributed by atoms with Crippen molar-refractivity contribution in [2.75, 3.05) is 6.54 Å². The fourth-order valence-corrected chi connectivity index (χ4v) is 1.86. The molecule has 1 aromatic carbocycles. The molecule has 0 bridgehead atoms. The first kappa shape index (κ1) is 12.9. The Hall–Kier alpha value is -1.56. The second-order valence-electron chi connectivity index (χ2n) is 4.62. The zero-order chi connectivity index (χ0) is 13.3. The van der Waals surface area contributed by atoms with Crippen molar-refractivity contribution in [3.05, 3.63) is 35.1 Å². The lowest BCUT2D eigenvalue weighted by molar-refractivity contribution is 0.0924. The van der Waals surface area contributed by atoms with E-state index in [0.29, 0.717) is 0 Å². The van der Waals surface area contributed by atoms with Gasteiger partial charge in [0.1, 0.15) is 0 Å². The molecule has 1 fully saturated rings. The molecule has 1 aliphatic carbocycles. The van der Waals surface area contributed by atoms with Gasteiger partial charge in [0.25, 0.3) is 5.91 Å². The maximum absolute atomic E-state index is 13.3. The quantitative estimate of drug-likeness (QED) is 0.811. The Morgan fingerprint density at radius 2 is 1.94 bits per heavy atom. The van der Waals surface area contributed by atoms with Gasteiger partial charge in [-0.25, -0.2) is 13.2 Å². The van der Waals surface area contributed by atoms with Gasteiger partial charge >= 0.3 is 0 Å². The number of carbonyl (C=O) groups is 1. The third-order valence-corrected chi connectivity index (χ3v) is 3.23. The van der Waals surface area contributed by atoms with Crippen LogP contribution in [-0.4, -0.2) is 18.0 Å². The molecule has 18 heavy (non-hydrogen) atoms. The normalized spacial score (nSPS) is 17.1. The molecular formula is C12H13F3N2O. The Morgan fingerprint density at radius 1 is 1.28 bits per heavy atom. The predicted octanol–water partition coefficient (Wildman–Crippen LogP) is 1.72. The molecule has 2 rings (SSSR count). The molecule has 98 valence electrons. The summed E-state index contributed by atoms with van der Waals surface area (Å²) in [6.45, 7) is 0.199. The molecule has 0 radical (unpaired) electrons. The van der Waals surface area contributed by atoms with Crippen molar-refractivity contribution in [1.29, 1.82) is 0 Å². The minimum Gasteiger partial charge on any atom is -0.350 e. The number of carbonyl (C=O) groups excluding carboxylic acids is 1. The van der Waals surface area contributed by atoms with Gasteiger partial charge in [0, 0.05) is 12.1 Å². The number of nitrogens with two attached hydrogens (primary N) is 1. The minimum absolute atomic E-state index is 0.199. The fourth-order valence-electron chi connectivity index (χ4n) is 1.86. The van der Waals surface area contributed by atoms with Crippen LogP contribution in [0.4, 0.5) is 13.2 Å². The predicted molar refractivity (Wildman–Crippen MR) is 59.4 cm³/mol. The monoisotopic (exact) mass is 258 g/mol. The smallest absolute Gasteiger partial charge is 0.254 e. The van der Waals surface area contributed by atoms with Gasteiger partial charge in [-0.15, -0.1) is 0 Å². The summed E-state index contributed by atoms with van der Waals surface area (Å²) in [5, 5.41) is 2.44. The van der Waals surface area contributed by atoms with Crippen LogP contribution in [0.3, 0.4) is 0 Å². The van der Waals surface area contributed by atoms with E-state index >= 15 is 0 Å². The van der Waals surface area contributed by atoms with Crippen LogP contribution in [0.15, 0.2) is 12.1 Å². The molecule has 0 heterocycles. The van der Waals surface area contributed by atoms with Crippen LogP contribution in [0.25, 0.3) is 0 Å². The number of rotatable bonds is 3. The van der Waals surface area contributed by atoms with Crippen LogP contribution in [-0.2, 0) is 0 Å². The molecule has 0 atom stereocenters. The van der Waals surface area contributed by atoms with Crippen LogP contribution in [0.2, 0.25) is 0 Å². The van der Waals surface area contributed by atoms with Gasteiger partial charge in [-0.2, -0.15) is 0 Å². The van der Waals surface area contributed by atoms with E-state index in [1.807, 2.05) is 0 Å². The molecule has 1 amide bonds. The maximum Gasteiger partial charge on any atom is 0.254 e. The summed E-state index contributed by atoms with van der Waals surface area (Å²) in [5.41, 5.74) is 4.91. The number of benzene rings is 1. The van der Waals surface area contributed by atoms with Crippen LogP contribution >= 0.6 is 0 Å². The Balaban J connectivity index is 2.07. The summed E-state index contributed by atoms with van der Waals surface area (Å²) in [5.74, 6) is -5.23. The number of halogens is 3. The van der Waals surface area contributed by atoms with Crippen LogP contribution in [0.1, 0.15) is 29.6 Å². The van der Waals surface area contributed by atoms with Gasteiger partial charge in [-0.05, 0) is 31.4 Å². The second-order valence-corrected chi connectivity index (χ2v) is 4.62. The summed E-state index contributed by atoms with van der Waals surface area (Å²) >= 11 is 0. The topological polar surface area (TPSA) is 55.1 Å². The van der Waals surface area contributed by atoms with Crippen LogP contribution in [0, 0.1) is 17.5 Å². The SMILES string of the molecule is NC1(CNC(=O)c2ccc(F)c(F)c2F)CCC1. The van der Waals surface area contributed by atoms with E-state index in [2.05, 4.69) is 5.32 Å². The zero-order valence-corrected chi connectivity index (χ0v) is 9.60. The Kier molecular flexibility index (Phi) is 3.30. The van der Waals surface area contributed by atoms with E-state index < -0.39 is 34.5 Å². The number of hydrogen-bond donors (Lipinski definition) is 2. The first-order valence-electron chi connectivity index (χ1n) is 5.63. The van der Waals surface area contributed by atoms with Gasteiger partial charge in [0.05, 0.1) is 5.56 Å². The highest BCUT2D eigenvalue weighted by atomic mass is 19.2. The van der Waals surface area contributed by atoms with E-state index in [9.17, 15) is 18.0 Å². The lowest BCUT2D eigenvalue weighted by atomic mass is 9.78. The molecular weight excluding hydrogens is 245 g/mol. The summed E-state index contributed by atoms with van der Waals surface area (Å²) in [7, 11) is 0. The van der Waals surface area contributed by atoms with E-state index in [0.717, 1.165) is 31.4 Å². The molecule has 0 aliphatic heterocycles. The summed E-state index contributed by atoms with van der Waals surface area (Å²) < 4.78 is 39.0. The van der Waals surface area contributed by atoms with Crippen molar-refractivity contribution in [2.45, 2.75) is 24.8 Å². The van der Waals surface area contributed by atoms with Crippen molar-refractivity contribution >= 4 is 5.91 Å². The lowest BCUT2D eigenvalue weighted by Gasteiger charge is -2.38. The first-order valence-corrected chi connectivity index (χ1v) is 5.63. The largest absolute Gasteiger partial charge is 0.350 e. The van der Waals surface area contributed by atoms with Crippen molar-refractivity contribution < 1.29 is 18.0 Å². The van der Waals surface area contributed by atoms with Crippen molar-refractivity contribution in [1.82, 2.24) is 5.32 Å². The van der Waals surface area contributed by atoms with Gasteiger partial charge in [0.2, 0.25) is 0 Å². The van der Waals surface area contributed by atoms with Gasteiger partial charge in [0.15, 0.2) is 17.5 Å². The summed E-state index contributed by atoms with van der Waals surface area (Å²) in [6, 6.07) is 1.63. The lowest BCUT2D eigenvalue weighted by Crippen LogP contribution is -2.55. The van der Waals surface area contributed by atoms with Gasteiger partial charge < -0.3 is 11.1 Å². The van der Waals surface area contributed by atoms with Crippen molar-refractivity contribution in [3.8, 4) is 0 Å². The highest BCUT2D eigenvalue weighted by Gasteiger charge is 2.33. The molecule has 1 saturated carbocycles. The van der Waals surface area contributed by atoms with Crippen molar-refractivity contribution in [3.63, 3.8) is 0 Å². The van der Waals surface area contributed by atoms with E-state index in [1.165, 1.54) is 0 Å². The number of nitrogens with one attached hydrogen (secondary N) is 1. The van der Waals surface area contributed by atoms with E-state index in [-0.39, 0.29) is 6.54 Å². The first-order chi connectivity index (χ1) is 8.43. The molecule has 0 spiro atoms. The number of hydrogen-bond acceptors (Lipinski definition) is 2. The molecule has 6 heteroatoms. The standard InChI is InChI=1S/C12H13F3N2O/c13-8-3-2-7(9(14)10(8)15)11(18)17-6-12(16)4-1-5-12/h2-3H,1,4-6,16H2,(H,17,18). The molecule has 3 nitrogen and oxygen atoms in total. The Labute approximate surface area is 102 Å². The Morgan fingerprint density at radius 3 is 2.50 bits per heavy atom. The molecule has 0 aromatic heterocycles. The van der Waals surface area contributed by atoms with Crippen molar-refractivity contribution in [2.24, 2.45) is 5.73 Å². The molecule has 0 unspecified atom stereocenters. The summed E-state index contributed by atoms with van der Waals surface area (Å²) in [4.78, 5) is 11.6. The fraction of sp³-hybridized carbons (Fsp3) is 0.417. The average molecular weight is 258 g/mol. The minimum atomic E-state index is -1.64. The number of amides is 1. The zero-order valence-electron chi connectivity index (χ0n) is 9.60. The van der Waals surface area contributed by atoms with Gasteiger partial charge in [-0.3, -0.25) is 4.79 Å². The molecule has 3 N–H and O–H groups in total. The van der Waals surface area contributed by atoms with E-state index in [4.69, 9.17) is 5.73 Å². The molecule has 0 saturated heterocycles. The van der Waals surface area contributed by atoms with E-state index in [1.54, 1.807) is 0 Å². The average Bonchev–Trinajstić information content (AvgIpc) is 2.31. The maximum atomic E-state index is 13.3. The third-order valence-electron chi connectivity index (χ3n) is 3.23. The van der Waals surface area contributed by atoms with Gasteiger partial charge in [-0.1, -0.05) is 0 Å².